The van der Waals surface area contributed by atoms with Crippen LogP contribution < -0.4 is 10.6 Å². The number of hydrogen-bond acceptors (Lipinski definition) is 2. The van der Waals surface area contributed by atoms with Crippen molar-refractivity contribution in [2.24, 2.45) is 0 Å². The number of allylic oxidation sites excluding steroid dienone is 1. The van der Waals surface area contributed by atoms with Crippen molar-refractivity contribution in [3.05, 3.63) is 12.2 Å². The van der Waals surface area contributed by atoms with Gasteiger partial charge in [0.25, 0.3) is 0 Å². The molecule has 1 atom stereocenters. The second-order valence-corrected chi connectivity index (χ2v) is 4.04. The van der Waals surface area contributed by atoms with Gasteiger partial charge in [0.15, 0.2) is 0 Å². The lowest BCUT2D eigenvalue weighted by atomic mass is 10.1. The fraction of sp³-hybridized carbons (Fsp3) is 0.667. The molecule has 90 valence electrons. The summed E-state index contributed by atoms with van der Waals surface area (Å²) in [7, 11) is 0. The second kappa shape index (κ2) is 7.04. The van der Waals surface area contributed by atoms with Gasteiger partial charge in [0.2, 0.25) is 11.8 Å². The monoisotopic (exact) mass is 224 g/mol. The van der Waals surface area contributed by atoms with Gasteiger partial charge in [0.1, 0.15) is 6.04 Å². The van der Waals surface area contributed by atoms with Gasteiger partial charge in [-0.1, -0.05) is 31.9 Å². The Morgan fingerprint density at radius 3 is 2.88 bits per heavy atom. The first-order valence-corrected chi connectivity index (χ1v) is 5.96. The van der Waals surface area contributed by atoms with Crippen LogP contribution in [0.4, 0.5) is 0 Å². The first kappa shape index (κ1) is 12.7. The molecule has 0 aromatic carbocycles. The van der Waals surface area contributed by atoms with Gasteiger partial charge in [0, 0.05) is 13.0 Å². The average molecular weight is 224 g/mol. The molecule has 0 radical (unpaired) electrons. The van der Waals surface area contributed by atoms with Gasteiger partial charge in [-0.3, -0.25) is 9.59 Å². The SMILES string of the molecule is CCCCCC=CCC(=O)NC1CNC1=O. The molecule has 0 bridgehead atoms. The van der Waals surface area contributed by atoms with Crippen molar-refractivity contribution in [2.75, 3.05) is 6.54 Å². The topological polar surface area (TPSA) is 58.2 Å². The van der Waals surface area contributed by atoms with E-state index in [1.54, 1.807) is 0 Å². The molecule has 0 aliphatic carbocycles. The molecule has 2 N–H and O–H groups in total. The van der Waals surface area contributed by atoms with E-state index < -0.39 is 0 Å². The van der Waals surface area contributed by atoms with Gasteiger partial charge in [-0.2, -0.15) is 0 Å². The Labute approximate surface area is 96.5 Å². The third kappa shape index (κ3) is 4.47. The van der Waals surface area contributed by atoms with Crippen LogP contribution in [0.3, 0.4) is 0 Å². The molecule has 0 spiro atoms. The Balaban J connectivity index is 2.03. The van der Waals surface area contributed by atoms with E-state index in [4.69, 9.17) is 0 Å². The fourth-order valence-corrected chi connectivity index (χ4v) is 1.48. The molecule has 1 rings (SSSR count). The van der Waals surface area contributed by atoms with Crippen LogP contribution in [0.5, 0.6) is 0 Å². The summed E-state index contributed by atoms with van der Waals surface area (Å²) in [4.78, 5) is 22.2. The van der Waals surface area contributed by atoms with E-state index in [0.29, 0.717) is 13.0 Å². The molecule has 16 heavy (non-hydrogen) atoms. The number of β-lactam (4-membered cyclic amide) rings is 1. The molecule has 1 fully saturated rings. The molecule has 1 unspecified atom stereocenters. The molecule has 0 saturated carbocycles. The highest BCUT2D eigenvalue weighted by molar-refractivity contribution is 5.92. The van der Waals surface area contributed by atoms with Crippen molar-refractivity contribution in [1.82, 2.24) is 10.6 Å². The predicted octanol–water partition coefficient (Wildman–Crippen LogP) is 1.13. The molecule has 4 nitrogen and oxygen atoms in total. The number of carbonyl (C=O) groups is 2. The summed E-state index contributed by atoms with van der Waals surface area (Å²) in [5.74, 6) is -0.160. The largest absolute Gasteiger partial charge is 0.352 e. The smallest absolute Gasteiger partial charge is 0.244 e. The molecular formula is C12H20N2O2. The number of hydrogen-bond donors (Lipinski definition) is 2. The van der Waals surface area contributed by atoms with Crippen molar-refractivity contribution in [3.8, 4) is 0 Å². The lowest BCUT2D eigenvalue weighted by Gasteiger charge is -2.26. The van der Waals surface area contributed by atoms with Crippen LogP contribution in [-0.2, 0) is 9.59 Å². The van der Waals surface area contributed by atoms with Gasteiger partial charge < -0.3 is 10.6 Å². The third-order valence-electron chi connectivity index (χ3n) is 2.58. The molecule has 4 heteroatoms. The molecular weight excluding hydrogens is 204 g/mol. The van der Waals surface area contributed by atoms with Gasteiger partial charge >= 0.3 is 0 Å². The minimum atomic E-state index is -0.305. The van der Waals surface area contributed by atoms with Crippen LogP contribution in [0.1, 0.15) is 39.0 Å². The molecule has 1 saturated heterocycles. The summed E-state index contributed by atoms with van der Waals surface area (Å²) < 4.78 is 0. The number of amides is 2. The zero-order valence-corrected chi connectivity index (χ0v) is 9.79. The van der Waals surface area contributed by atoms with Crippen molar-refractivity contribution < 1.29 is 9.59 Å². The summed E-state index contributed by atoms with van der Waals surface area (Å²) >= 11 is 0. The molecule has 0 aromatic rings. The quantitative estimate of drug-likeness (QED) is 0.387. The van der Waals surface area contributed by atoms with E-state index in [1.165, 1.54) is 19.3 Å². The van der Waals surface area contributed by atoms with Crippen molar-refractivity contribution >= 4 is 11.8 Å². The summed E-state index contributed by atoms with van der Waals surface area (Å²) in [5, 5.41) is 5.25. The van der Waals surface area contributed by atoms with E-state index >= 15 is 0 Å². The first-order valence-electron chi connectivity index (χ1n) is 5.96. The number of unbranched alkanes of at least 4 members (excludes halogenated alkanes) is 3. The number of nitrogens with one attached hydrogen (secondary N) is 2. The highest BCUT2D eigenvalue weighted by Crippen LogP contribution is 2.00. The van der Waals surface area contributed by atoms with Gasteiger partial charge in [-0.05, 0) is 12.8 Å². The highest BCUT2D eigenvalue weighted by Gasteiger charge is 2.28. The first-order chi connectivity index (χ1) is 7.74. The maximum Gasteiger partial charge on any atom is 0.244 e. The minimum absolute atomic E-state index is 0.0772. The summed E-state index contributed by atoms with van der Waals surface area (Å²) in [6.45, 7) is 2.73. The summed E-state index contributed by atoms with van der Waals surface area (Å²) in [6, 6.07) is -0.305. The Morgan fingerprint density at radius 1 is 1.50 bits per heavy atom. The van der Waals surface area contributed by atoms with Crippen LogP contribution in [0.2, 0.25) is 0 Å². The lowest BCUT2D eigenvalue weighted by molar-refractivity contribution is -0.133. The standard InChI is InChI=1S/C12H20N2O2/c1-2-3-4-5-6-7-8-11(15)14-10-9-13-12(10)16/h6-7,10H,2-5,8-9H2,1H3,(H,13,16)(H,14,15). The predicted molar refractivity (Wildman–Crippen MR) is 62.8 cm³/mol. The Bertz CT molecular complexity index is 274. The Kier molecular flexibility index (Phi) is 5.61. The van der Waals surface area contributed by atoms with Crippen LogP contribution in [0.25, 0.3) is 0 Å². The second-order valence-electron chi connectivity index (χ2n) is 4.04. The van der Waals surface area contributed by atoms with Crippen molar-refractivity contribution in [2.45, 2.75) is 45.1 Å². The van der Waals surface area contributed by atoms with Crippen LogP contribution in [0.15, 0.2) is 12.2 Å². The fourth-order valence-electron chi connectivity index (χ4n) is 1.48. The van der Waals surface area contributed by atoms with Crippen molar-refractivity contribution in [1.29, 1.82) is 0 Å². The van der Waals surface area contributed by atoms with Gasteiger partial charge in [-0.25, -0.2) is 0 Å². The Hall–Kier alpha value is -1.32. The Morgan fingerprint density at radius 2 is 2.31 bits per heavy atom. The molecule has 0 aromatic heterocycles. The number of rotatable bonds is 7. The molecule has 2 amide bonds. The summed E-state index contributed by atoms with van der Waals surface area (Å²) in [6.07, 6.45) is 8.95. The van der Waals surface area contributed by atoms with Crippen LogP contribution in [-0.4, -0.2) is 24.4 Å². The normalized spacial score (nSPS) is 19.3. The van der Waals surface area contributed by atoms with Crippen molar-refractivity contribution in [3.63, 3.8) is 0 Å². The highest BCUT2D eigenvalue weighted by atomic mass is 16.2. The zero-order valence-electron chi connectivity index (χ0n) is 9.79. The lowest BCUT2D eigenvalue weighted by Crippen LogP contribution is -2.61. The van der Waals surface area contributed by atoms with Crippen LogP contribution in [0, 0.1) is 0 Å². The minimum Gasteiger partial charge on any atom is -0.352 e. The molecule has 1 aliphatic heterocycles. The van der Waals surface area contributed by atoms with E-state index in [-0.39, 0.29) is 17.9 Å². The zero-order chi connectivity index (χ0) is 11.8. The maximum atomic E-state index is 11.3. The molecule has 1 heterocycles. The van der Waals surface area contributed by atoms with Crippen LogP contribution >= 0.6 is 0 Å². The number of carbonyl (C=O) groups excluding carboxylic acids is 2. The van der Waals surface area contributed by atoms with E-state index in [0.717, 1.165) is 6.42 Å². The van der Waals surface area contributed by atoms with E-state index in [2.05, 4.69) is 17.6 Å². The third-order valence-corrected chi connectivity index (χ3v) is 2.58. The van der Waals surface area contributed by atoms with E-state index in [9.17, 15) is 9.59 Å². The van der Waals surface area contributed by atoms with Gasteiger partial charge in [0.05, 0.1) is 0 Å². The molecule has 1 aliphatic rings. The maximum absolute atomic E-state index is 11.3. The van der Waals surface area contributed by atoms with E-state index in [1.807, 2.05) is 12.2 Å². The van der Waals surface area contributed by atoms with Gasteiger partial charge in [-0.15, -0.1) is 0 Å². The average Bonchev–Trinajstić information content (AvgIpc) is 2.28. The summed E-state index contributed by atoms with van der Waals surface area (Å²) in [5.41, 5.74) is 0.